The number of ketones is 1. The molecule has 2 heterocycles. The number of aryl methyl sites for hydroxylation is 2. The first kappa shape index (κ1) is 22.5. The van der Waals surface area contributed by atoms with Gasteiger partial charge in [-0.1, -0.05) is 38.5 Å². The third-order valence-electron chi connectivity index (χ3n) is 5.44. The smallest absolute Gasteiger partial charge is 0.359 e. The van der Waals surface area contributed by atoms with Gasteiger partial charge in [0, 0.05) is 35.4 Å². The Balaban J connectivity index is 1.85. The molecule has 0 radical (unpaired) electrons. The number of carbonyl (C=O) groups excluding carboxylic acids is 2. The van der Waals surface area contributed by atoms with Crippen LogP contribution in [0, 0.1) is 13.8 Å². The van der Waals surface area contributed by atoms with Crippen LogP contribution in [0.3, 0.4) is 0 Å². The fourth-order valence-electron chi connectivity index (χ4n) is 3.77. The average molecular weight is 424 g/mol. The molecule has 164 valence electrons. The van der Waals surface area contributed by atoms with Crippen LogP contribution < -0.4 is 5.56 Å². The standard InChI is InChI=1S/C24H29N3O4/c1-5-7-13-27-23(29)19-11-9-8-10-18(19)22(25-27)24(30)31-15-21(28)20-14-16(3)26(12-6-2)17(20)4/h8-11,14H,5-7,12-13,15H2,1-4H3. The van der Waals surface area contributed by atoms with Crippen LogP contribution in [0.15, 0.2) is 35.1 Å². The molecule has 0 aliphatic rings. The van der Waals surface area contributed by atoms with Gasteiger partial charge < -0.3 is 9.30 Å². The Kier molecular flexibility index (Phi) is 7.05. The van der Waals surface area contributed by atoms with Crippen molar-refractivity contribution in [3.05, 3.63) is 63.3 Å². The highest BCUT2D eigenvalue weighted by Crippen LogP contribution is 2.18. The van der Waals surface area contributed by atoms with Crippen LogP contribution >= 0.6 is 0 Å². The van der Waals surface area contributed by atoms with Crippen LogP contribution in [-0.4, -0.2) is 32.7 Å². The average Bonchev–Trinajstić information content (AvgIpc) is 3.05. The van der Waals surface area contributed by atoms with Gasteiger partial charge in [-0.3, -0.25) is 9.59 Å². The third kappa shape index (κ3) is 4.60. The Morgan fingerprint density at radius 2 is 1.74 bits per heavy atom. The molecule has 0 aliphatic heterocycles. The van der Waals surface area contributed by atoms with Crippen LogP contribution in [0.5, 0.6) is 0 Å². The Morgan fingerprint density at radius 3 is 2.42 bits per heavy atom. The van der Waals surface area contributed by atoms with E-state index in [0.717, 1.165) is 37.2 Å². The minimum atomic E-state index is -0.711. The summed E-state index contributed by atoms with van der Waals surface area (Å²) in [5, 5.41) is 5.10. The van der Waals surface area contributed by atoms with Gasteiger partial charge in [0.1, 0.15) is 0 Å². The Hall–Kier alpha value is -3.22. The summed E-state index contributed by atoms with van der Waals surface area (Å²) >= 11 is 0. The number of aromatic nitrogens is 3. The van der Waals surface area contributed by atoms with Crippen molar-refractivity contribution >= 4 is 22.5 Å². The van der Waals surface area contributed by atoms with Crippen molar-refractivity contribution < 1.29 is 14.3 Å². The summed E-state index contributed by atoms with van der Waals surface area (Å²) in [6, 6.07) is 8.67. The molecule has 2 aromatic heterocycles. The Bertz CT molecular complexity index is 1170. The molecule has 0 atom stereocenters. The van der Waals surface area contributed by atoms with Crippen molar-refractivity contribution in [3.8, 4) is 0 Å². The predicted octanol–water partition coefficient (Wildman–Crippen LogP) is 4.06. The topological polar surface area (TPSA) is 83.2 Å². The second kappa shape index (κ2) is 9.73. The summed E-state index contributed by atoms with van der Waals surface area (Å²) in [5.41, 5.74) is 2.25. The summed E-state index contributed by atoms with van der Waals surface area (Å²) < 4.78 is 8.74. The van der Waals surface area contributed by atoms with Crippen molar-refractivity contribution in [2.45, 2.75) is 60.0 Å². The van der Waals surface area contributed by atoms with Gasteiger partial charge in [-0.2, -0.15) is 5.10 Å². The van der Waals surface area contributed by atoms with Gasteiger partial charge in [0.2, 0.25) is 5.78 Å². The number of fused-ring (bicyclic) bond motifs is 1. The van der Waals surface area contributed by atoms with Crippen molar-refractivity contribution in [1.82, 2.24) is 14.3 Å². The van der Waals surface area contributed by atoms with E-state index in [2.05, 4.69) is 16.6 Å². The molecule has 0 N–H and O–H groups in total. The number of Topliss-reactive ketones (excluding diaryl/α,β-unsaturated/α-hetero) is 1. The van der Waals surface area contributed by atoms with E-state index in [-0.39, 0.29) is 23.6 Å². The minimum Gasteiger partial charge on any atom is -0.452 e. The first-order valence-corrected chi connectivity index (χ1v) is 10.8. The lowest BCUT2D eigenvalue weighted by Gasteiger charge is -2.11. The van der Waals surface area contributed by atoms with Gasteiger partial charge in [0.05, 0.1) is 5.39 Å². The van der Waals surface area contributed by atoms with Gasteiger partial charge in [0.15, 0.2) is 12.3 Å². The molecule has 0 amide bonds. The third-order valence-corrected chi connectivity index (χ3v) is 5.44. The number of ether oxygens (including phenoxy) is 1. The number of esters is 1. The molecule has 0 saturated carbocycles. The number of benzene rings is 1. The molecular weight excluding hydrogens is 394 g/mol. The molecule has 0 spiro atoms. The first-order valence-electron chi connectivity index (χ1n) is 10.8. The van der Waals surface area contributed by atoms with Crippen LogP contribution in [0.1, 0.15) is 65.3 Å². The molecule has 0 fully saturated rings. The number of hydrogen-bond acceptors (Lipinski definition) is 5. The lowest BCUT2D eigenvalue weighted by atomic mass is 10.1. The molecule has 0 bridgehead atoms. The number of nitrogens with zero attached hydrogens (tertiary/aromatic N) is 3. The zero-order chi connectivity index (χ0) is 22.5. The SMILES string of the molecule is CCCCn1nc(C(=O)OCC(=O)c2cc(C)n(CCC)c2C)c2ccccc2c1=O. The lowest BCUT2D eigenvalue weighted by molar-refractivity contribution is 0.0468. The summed E-state index contributed by atoms with van der Waals surface area (Å²) in [6.07, 6.45) is 2.63. The highest BCUT2D eigenvalue weighted by atomic mass is 16.5. The van der Waals surface area contributed by atoms with Gasteiger partial charge in [-0.15, -0.1) is 0 Å². The molecule has 3 aromatic rings. The van der Waals surface area contributed by atoms with E-state index in [1.54, 1.807) is 24.3 Å². The number of hydrogen-bond donors (Lipinski definition) is 0. The van der Waals surface area contributed by atoms with Crippen molar-refractivity contribution in [1.29, 1.82) is 0 Å². The first-order chi connectivity index (χ1) is 14.9. The van der Waals surface area contributed by atoms with Gasteiger partial charge in [0.25, 0.3) is 5.56 Å². The molecule has 31 heavy (non-hydrogen) atoms. The fourth-order valence-corrected chi connectivity index (χ4v) is 3.77. The Morgan fingerprint density at radius 1 is 1.03 bits per heavy atom. The quantitative estimate of drug-likeness (QED) is 0.383. The van der Waals surface area contributed by atoms with Crippen LogP contribution in [0.25, 0.3) is 10.8 Å². The lowest BCUT2D eigenvalue weighted by Crippen LogP contribution is -2.27. The summed E-state index contributed by atoms with van der Waals surface area (Å²) in [6.45, 7) is 8.84. The molecule has 7 nitrogen and oxygen atoms in total. The molecule has 0 aliphatic carbocycles. The molecule has 0 unspecified atom stereocenters. The normalized spacial score (nSPS) is 11.1. The van der Waals surface area contributed by atoms with E-state index in [4.69, 9.17) is 4.74 Å². The monoisotopic (exact) mass is 423 g/mol. The molecule has 0 saturated heterocycles. The zero-order valence-corrected chi connectivity index (χ0v) is 18.6. The molecule has 3 rings (SSSR count). The molecule has 7 heteroatoms. The second-order valence-electron chi connectivity index (χ2n) is 7.71. The second-order valence-corrected chi connectivity index (χ2v) is 7.71. The van der Waals surface area contributed by atoms with Gasteiger partial charge >= 0.3 is 5.97 Å². The highest BCUT2D eigenvalue weighted by Gasteiger charge is 2.21. The predicted molar refractivity (Wildman–Crippen MR) is 120 cm³/mol. The van der Waals surface area contributed by atoms with E-state index in [1.807, 2.05) is 26.8 Å². The number of carbonyl (C=O) groups is 2. The molecule has 1 aromatic carbocycles. The molecular formula is C24H29N3O4. The van der Waals surface area contributed by atoms with Crippen LogP contribution in [-0.2, 0) is 17.8 Å². The van der Waals surface area contributed by atoms with Crippen molar-refractivity contribution in [2.75, 3.05) is 6.61 Å². The minimum absolute atomic E-state index is 0.0514. The summed E-state index contributed by atoms with van der Waals surface area (Å²) in [7, 11) is 0. The fraction of sp³-hybridized carbons (Fsp3) is 0.417. The van der Waals surface area contributed by atoms with Crippen LogP contribution in [0.2, 0.25) is 0 Å². The van der Waals surface area contributed by atoms with E-state index in [9.17, 15) is 14.4 Å². The van der Waals surface area contributed by atoms with Gasteiger partial charge in [-0.25, -0.2) is 9.48 Å². The van der Waals surface area contributed by atoms with E-state index < -0.39 is 5.97 Å². The summed E-state index contributed by atoms with van der Waals surface area (Å²) in [5.74, 6) is -0.968. The summed E-state index contributed by atoms with van der Waals surface area (Å²) in [4.78, 5) is 38.2. The maximum Gasteiger partial charge on any atom is 0.359 e. The van der Waals surface area contributed by atoms with Crippen LogP contribution in [0.4, 0.5) is 0 Å². The zero-order valence-electron chi connectivity index (χ0n) is 18.6. The maximum atomic E-state index is 12.8. The van der Waals surface area contributed by atoms with Gasteiger partial charge in [-0.05, 0) is 38.8 Å². The largest absolute Gasteiger partial charge is 0.452 e. The number of unbranched alkanes of at least 4 members (excludes halogenated alkanes) is 1. The number of rotatable bonds is 9. The van der Waals surface area contributed by atoms with Crippen molar-refractivity contribution in [3.63, 3.8) is 0 Å². The van der Waals surface area contributed by atoms with E-state index >= 15 is 0 Å². The highest BCUT2D eigenvalue weighted by molar-refractivity contribution is 6.04. The maximum absolute atomic E-state index is 12.8. The van der Waals surface area contributed by atoms with Crippen molar-refractivity contribution in [2.24, 2.45) is 0 Å². The van der Waals surface area contributed by atoms with E-state index in [0.29, 0.717) is 22.9 Å². The Labute approximate surface area is 181 Å². The van der Waals surface area contributed by atoms with E-state index in [1.165, 1.54) is 4.68 Å².